The van der Waals surface area contributed by atoms with E-state index in [9.17, 15) is 5.26 Å². The lowest BCUT2D eigenvalue weighted by atomic mass is 9.99. The van der Waals surface area contributed by atoms with E-state index in [2.05, 4.69) is 37.1 Å². The molecule has 10 nitrogen and oxygen atoms in total. The first kappa shape index (κ1) is 21.4. The highest BCUT2D eigenvalue weighted by Crippen LogP contribution is 2.35. The van der Waals surface area contributed by atoms with Crippen molar-refractivity contribution in [3.8, 4) is 11.8 Å². The van der Waals surface area contributed by atoms with Crippen LogP contribution in [0.3, 0.4) is 0 Å². The molecule has 1 aliphatic rings. The highest BCUT2D eigenvalue weighted by atomic mass is 16.7. The zero-order valence-electron chi connectivity index (χ0n) is 18.4. The Balaban J connectivity index is 1.68. The number of hydrogen-bond donors (Lipinski definition) is 4. The summed E-state index contributed by atoms with van der Waals surface area (Å²) in [5.41, 5.74) is 6.78. The van der Waals surface area contributed by atoms with Gasteiger partial charge in [0.05, 0.1) is 36.4 Å². The smallest absolute Gasteiger partial charge is 0.231 e. The van der Waals surface area contributed by atoms with Gasteiger partial charge in [-0.05, 0) is 31.5 Å². The summed E-state index contributed by atoms with van der Waals surface area (Å²) in [4.78, 5) is 17.6. The first-order valence-corrected chi connectivity index (χ1v) is 10.2. The van der Waals surface area contributed by atoms with Crippen molar-refractivity contribution < 1.29 is 14.3 Å². The number of benzene rings is 1. The minimum Gasteiger partial charge on any atom is -0.495 e. The zero-order chi connectivity index (χ0) is 22.7. The van der Waals surface area contributed by atoms with Gasteiger partial charge in [-0.2, -0.15) is 15.2 Å². The predicted octanol–water partition coefficient (Wildman–Crippen LogP) is 3.29. The molecule has 0 saturated heterocycles. The van der Waals surface area contributed by atoms with Gasteiger partial charge in [-0.25, -0.2) is 0 Å². The number of nitrogens with one attached hydrogen (secondary N) is 4. The Hall–Kier alpha value is -3.81. The number of methoxy groups -OCH3 is 2. The number of aromatic nitrogens is 3. The van der Waals surface area contributed by atoms with E-state index in [0.717, 1.165) is 16.9 Å². The van der Waals surface area contributed by atoms with Crippen molar-refractivity contribution in [3.63, 3.8) is 0 Å². The van der Waals surface area contributed by atoms with Crippen molar-refractivity contribution in [1.82, 2.24) is 20.4 Å². The number of hydroxylamine groups is 1. The van der Waals surface area contributed by atoms with Gasteiger partial charge in [0.15, 0.2) is 0 Å². The third-order valence-electron chi connectivity index (χ3n) is 5.21. The Bertz CT molecular complexity index is 1210. The molecule has 32 heavy (non-hydrogen) atoms. The van der Waals surface area contributed by atoms with Gasteiger partial charge in [0.1, 0.15) is 29.0 Å². The number of allylic oxidation sites excluding steroid dienone is 1. The third kappa shape index (κ3) is 4.03. The Kier molecular flexibility index (Phi) is 6.11. The van der Waals surface area contributed by atoms with Crippen LogP contribution in [0.15, 0.2) is 30.2 Å². The molecule has 0 radical (unpaired) electrons. The van der Waals surface area contributed by atoms with Crippen LogP contribution in [-0.4, -0.2) is 48.4 Å². The average molecular weight is 435 g/mol. The molecule has 0 bridgehead atoms. The van der Waals surface area contributed by atoms with Gasteiger partial charge in [0.25, 0.3) is 0 Å². The van der Waals surface area contributed by atoms with Gasteiger partial charge in [0, 0.05) is 25.4 Å². The molecule has 3 aromatic rings. The van der Waals surface area contributed by atoms with Gasteiger partial charge >= 0.3 is 0 Å². The highest BCUT2D eigenvalue weighted by Gasteiger charge is 2.23. The van der Waals surface area contributed by atoms with Crippen LogP contribution in [0.5, 0.6) is 5.75 Å². The van der Waals surface area contributed by atoms with Crippen LogP contribution >= 0.6 is 0 Å². The van der Waals surface area contributed by atoms with E-state index in [1.165, 1.54) is 0 Å². The normalized spacial score (nSPS) is 15.5. The van der Waals surface area contributed by atoms with E-state index >= 15 is 0 Å². The number of H-pyrrole nitrogens is 1. The molecule has 0 saturated carbocycles. The third-order valence-corrected chi connectivity index (χ3v) is 5.21. The molecule has 0 spiro atoms. The number of rotatable bonds is 8. The van der Waals surface area contributed by atoms with E-state index in [-0.39, 0.29) is 6.04 Å². The lowest BCUT2D eigenvalue weighted by Crippen LogP contribution is -2.18. The zero-order valence-corrected chi connectivity index (χ0v) is 18.4. The van der Waals surface area contributed by atoms with Crippen LogP contribution in [0.25, 0.3) is 16.6 Å². The fourth-order valence-corrected chi connectivity index (χ4v) is 3.71. The van der Waals surface area contributed by atoms with Crippen molar-refractivity contribution in [2.75, 3.05) is 38.0 Å². The minimum atomic E-state index is 0.0761. The quantitative estimate of drug-likeness (QED) is 0.394. The molecule has 0 aliphatic carbocycles. The number of nitrogens with zero attached hydrogens (tertiary/aromatic N) is 3. The number of fused-ring (bicyclic) bond motifs is 1. The van der Waals surface area contributed by atoms with E-state index < -0.39 is 0 Å². The molecule has 4 N–H and O–H groups in total. The molecule has 0 amide bonds. The van der Waals surface area contributed by atoms with Crippen LogP contribution in [0.1, 0.15) is 25.0 Å². The maximum atomic E-state index is 9.42. The van der Waals surface area contributed by atoms with E-state index in [0.29, 0.717) is 53.0 Å². The maximum absolute atomic E-state index is 9.42. The van der Waals surface area contributed by atoms with Gasteiger partial charge in [-0.3, -0.25) is 0 Å². The Morgan fingerprint density at radius 3 is 2.81 bits per heavy atom. The van der Waals surface area contributed by atoms with Crippen molar-refractivity contribution in [2.45, 2.75) is 19.9 Å². The van der Waals surface area contributed by atoms with Gasteiger partial charge < -0.3 is 29.9 Å². The van der Waals surface area contributed by atoms with Crippen LogP contribution in [0.2, 0.25) is 0 Å². The fraction of sp³-hybridized carbons (Fsp3) is 0.318. The number of ether oxygens (including phenoxy) is 2. The molecule has 166 valence electrons. The summed E-state index contributed by atoms with van der Waals surface area (Å²) in [6.45, 7) is 5.01. The molecular weight excluding hydrogens is 410 g/mol. The van der Waals surface area contributed by atoms with Crippen LogP contribution in [0, 0.1) is 11.3 Å². The monoisotopic (exact) mass is 435 g/mol. The van der Waals surface area contributed by atoms with Crippen LogP contribution in [-0.2, 0) is 9.57 Å². The van der Waals surface area contributed by atoms with Crippen molar-refractivity contribution in [3.05, 3.63) is 41.3 Å². The molecule has 0 fully saturated rings. The van der Waals surface area contributed by atoms with E-state index in [1.807, 2.05) is 32.0 Å². The second kappa shape index (κ2) is 9.13. The van der Waals surface area contributed by atoms with Crippen molar-refractivity contribution in [1.29, 1.82) is 5.26 Å². The molecule has 2 aromatic heterocycles. The van der Waals surface area contributed by atoms with Gasteiger partial charge in [0.2, 0.25) is 5.95 Å². The maximum Gasteiger partial charge on any atom is 0.231 e. The lowest BCUT2D eigenvalue weighted by Gasteiger charge is -2.15. The molecule has 1 unspecified atom stereocenters. The standard InChI is InChI=1S/C22H25N7O3/c1-12-18(13(2)32-29-12)14-5-6-16(17(9-14)31-4)26-22-27-20(24-7-8-30-3)19-15(10-23)11-25-21(19)28-22/h5-6,9,11-12,29H,7-8H2,1-4H3,(H3,24,25,26,27,28). The SMILES string of the molecule is COCCNc1nc(Nc2ccc(C3=C(C)ONC3C)cc2OC)nc2[nH]cc(C#N)c12. The summed E-state index contributed by atoms with van der Waals surface area (Å²) >= 11 is 0. The first-order valence-electron chi connectivity index (χ1n) is 10.2. The van der Waals surface area contributed by atoms with E-state index in [1.54, 1.807) is 20.4 Å². The first-order chi connectivity index (χ1) is 15.5. The summed E-state index contributed by atoms with van der Waals surface area (Å²) in [5.74, 6) is 2.39. The summed E-state index contributed by atoms with van der Waals surface area (Å²) in [5, 5.41) is 16.5. The average Bonchev–Trinajstić information content (AvgIpc) is 3.36. The second-order valence-corrected chi connectivity index (χ2v) is 7.30. The Labute approximate surface area is 185 Å². The largest absolute Gasteiger partial charge is 0.495 e. The van der Waals surface area contributed by atoms with Crippen LogP contribution < -0.4 is 20.9 Å². The fourth-order valence-electron chi connectivity index (χ4n) is 3.71. The van der Waals surface area contributed by atoms with E-state index in [4.69, 9.17) is 14.3 Å². The molecule has 1 aliphatic heterocycles. The molecule has 10 heteroatoms. The number of hydrogen-bond acceptors (Lipinski definition) is 9. The van der Waals surface area contributed by atoms with Crippen molar-refractivity contribution >= 4 is 34.1 Å². The second-order valence-electron chi connectivity index (χ2n) is 7.30. The molecule has 3 heterocycles. The topological polar surface area (TPSA) is 129 Å². The molecule has 1 aromatic carbocycles. The summed E-state index contributed by atoms with van der Waals surface area (Å²) in [6, 6.07) is 8.11. The molecule has 1 atom stereocenters. The Morgan fingerprint density at radius 2 is 2.12 bits per heavy atom. The summed E-state index contributed by atoms with van der Waals surface area (Å²) in [7, 11) is 3.24. The predicted molar refractivity (Wildman–Crippen MR) is 122 cm³/mol. The number of nitriles is 1. The minimum absolute atomic E-state index is 0.0761. The van der Waals surface area contributed by atoms with Crippen LogP contribution in [0.4, 0.5) is 17.5 Å². The Morgan fingerprint density at radius 1 is 1.28 bits per heavy atom. The van der Waals surface area contributed by atoms with Crippen molar-refractivity contribution in [2.24, 2.45) is 0 Å². The van der Waals surface area contributed by atoms with Gasteiger partial charge in [-0.1, -0.05) is 6.07 Å². The van der Waals surface area contributed by atoms with Gasteiger partial charge in [-0.15, -0.1) is 5.48 Å². The number of aromatic amines is 1. The molecular formula is C22H25N7O3. The number of anilines is 3. The summed E-state index contributed by atoms with van der Waals surface area (Å²) < 4.78 is 10.7. The molecule has 4 rings (SSSR count). The lowest BCUT2D eigenvalue weighted by molar-refractivity contribution is 0.122. The highest BCUT2D eigenvalue weighted by molar-refractivity contribution is 5.93. The summed E-state index contributed by atoms with van der Waals surface area (Å²) in [6.07, 6.45) is 1.62.